The Morgan fingerprint density at radius 1 is 1.15 bits per heavy atom. The zero-order chi connectivity index (χ0) is 19.5. The summed E-state index contributed by atoms with van der Waals surface area (Å²) in [4.78, 5) is 25.2. The second-order valence-corrected chi connectivity index (χ2v) is 7.22. The molecule has 0 saturated carbocycles. The number of nitrogens with one attached hydrogen (secondary N) is 1. The number of carbonyl (C=O) groups excluding carboxylic acids is 2. The number of amides is 1. The van der Waals surface area contributed by atoms with E-state index >= 15 is 0 Å². The van der Waals surface area contributed by atoms with Crippen molar-refractivity contribution < 1.29 is 14.3 Å². The van der Waals surface area contributed by atoms with E-state index in [2.05, 4.69) is 10.2 Å². The Hall–Kier alpha value is -1.72. The summed E-state index contributed by atoms with van der Waals surface area (Å²) in [7, 11) is 0. The lowest BCUT2D eigenvalue weighted by atomic mass is 9.94. The van der Waals surface area contributed by atoms with Crippen molar-refractivity contribution in [2.24, 2.45) is 5.92 Å². The molecule has 1 N–H and O–H groups in total. The van der Waals surface area contributed by atoms with E-state index in [-0.39, 0.29) is 12.0 Å². The lowest BCUT2D eigenvalue weighted by molar-refractivity contribution is -0.111. The molecule has 2 rings (SSSR count). The molecule has 0 bridgehead atoms. The molecule has 0 aromatic heterocycles. The van der Waals surface area contributed by atoms with Gasteiger partial charge in [0.05, 0.1) is 0 Å². The highest BCUT2D eigenvalue weighted by molar-refractivity contribution is 6.18. The monoisotopic (exact) mass is 412 g/mol. The Kier molecular flexibility index (Phi) is 9.50. The van der Waals surface area contributed by atoms with E-state index < -0.39 is 6.09 Å². The summed E-state index contributed by atoms with van der Waals surface area (Å²) < 4.78 is 5.48. The van der Waals surface area contributed by atoms with E-state index in [1.54, 1.807) is 0 Å². The minimum atomic E-state index is -0.501. The Morgan fingerprint density at radius 2 is 1.85 bits per heavy atom. The highest BCUT2D eigenvalue weighted by Gasteiger charge is 2.17. The van der Waals surface area contributed by atoms with E-state index in [4.69, 9.17) is 27.9 Å². The van der Waals surface area contributed by atoms with Crippen LogP contribution in [0.15, 0.2) is 36.4 Å². The molecule has 0 spiro atoms. The van der Waals surface area contributed by atoms with Gasteiger partial charge in [-0.25, -0.2) is 4.79 Å². The highest BCUT2D eigenvalue weighted by Crippen LogP contribution is 2.21. The predicted octanol–water partition coefficient (Wildman–Crippen LogP) is 4.83. The molecule has 27 heavy (non-hydrogen) atoms. The van der Waals surface area contributed by atoms with Crippen LogP contribution in [0, 0.1) is 5.92 Å². The minimum absolute atomic E-state index is 0.0422. The Bertz CT molecular complexity index is 616. The van der Waals surface area contributed by atoms with Crippen LogP contribution in [-0.2, 0) is 9.53 Å². The maximum absolute atomic E-state index is 12.2. The van der Waals surface area contributed by atoms with Gasteiger partial charge >= 0.3 is 6.09 Å². The first-order valence-corrected chi connectivity index (χ1v) is 10.3. The SMILES string of the molecule is O=CC1CC/C=C/C(OC(=O)Nc2ccc(N(CCCl)CCCl)cc2)CC1. The molecule has 2 atom stereocenters. The molecule has 1 aromatic rings. The summed E-state index contributed by atoms with van der Waals surface area (Å²) in [5, 5.41) is 2.75. The zero-order valence-corrected chi connectivity index (χ0v) is 16.8. The van der Waals surface area contributed by atoms with E-state index in [0.717, 1.165) is 31.2 Å². The fraction of sp³-hybridized carbons (Fsp3) is 0.500. The summed E-state index contributed by atoms with van der Waals surface area (Å²) in [5.74, 6) is 1.08. The molecule has 0 radical (unpaired) electrons. The lowest BCUT2D eigenvalue weighted by Crippen LogP contribution is -2.27. The van der Waals surface area contributed by atoms with Crippen molar-refractivity contribution in [2.75, 3.05) is 35.1 Å². The third kappa shape index (κ3) is 7.43. The third-order valence-electron chi connectivity index (χ3n) is 4.52. The van der Waals surface area contributed by atoms with Gasteiger partial charge in [-0.1, -0.05) is 6.08 Å². The summed E-state index contributed by atoms with van der Waals surface area (Å²) in [6.45, 7) is 1.41. The number of hydrogen-bond donors (Lipinski definition) is 1. The van der Waals surface area contributed by atoms with E-state index in [0.29, 0.717) is 37.0 Å². The first-order valence-electron chi connectivity index (χ1n) is 9.22. The number of carbonyl (C=O) groups is 2. The van der Waals surface area contributed by atoms with Gasteiger partial charge in [0.25, 0.3) is 0 Å². The van der Waals surface area contributed by atoms with Gasteiger partial charge in [0.15, 0.2) is 0 Å². The predicted molar refractivity (Wildman–Crippen MR) is 111 cm³/mol. The van der Waals surface area contributed by atoms with Crippen molar-refractivity contribution in [1.29, 1.82) is 0 Å². The summed E-state index contributed by atoms with van der Waals surface area (Å²) in [6, 6.07) is 7.48. The fourth-order valence-electron chi connectivity index (χ4n) is 3.03. The standard InChI is InChI=1S/C20H26Cl2N2O3/c21-11-13-24(14-12-22)18-8-6-17(7-9-18)23-20(26)27-19-4-2-1-3-16(15-25)5-10-19/h2,4,6-9,15-16,19H,1,3,5,10-14H2,(H,23,26)/b4-2+. The van der Waals surface area contributed by atoms with Crippen molar-refractivity contribution in [3.63, 3.8) is 0 Å². The molecule has 0 heterocycles. The van der Waals surface area contributed by atoms with Crippen LogP contribution in [0.2, 0.25) is 0 Å². The zero-order valence-electron chi connectivity index (χ0n) is 15.3. The van der Waals surface area contributed by atoms with Crippen LogP contribution in [0.3, 0.4) is 0 Å². The van der Waals surface area contributed by atoms with Crippen molar-refractivity contribution in [1.82, 2.24) is 0 Å². The average molecular weight is 413 g/mol. The molecule has 7 heteroatoms. The smallest absolute Gasteiger partial charge is 0.412 e. The van der Waals surface area contributed by atoms with Gasteiger partial charge in [0, 0.05) is 42.1 Å². The molecular weight excluding hydrogens is 387 g/mol. The minimum Gasteiger partial charge on any atom is -0.442 e. The Balaban J connectivity index is 1.89. The van der Waals surface area contributed by atoms with E-state index in [1.807, 2.05) is 36.4 Å². The topological polar surface area (TPSA) is 58.6 Å². The van der Waals surface area contributed by atoms with Crippen molar-refractivity contribution in [2.45, 2.75) is 31.8 Å². The van der Waals surface area contributed by atoms with Gasteiger partial charge in [-0.05, 0) is 56.0 Å². The van der Waals surface area contributed by atoms with E-state index in [1.165, 1.54) is 0 Å². The van der Waals surface area contributed by atoms with Crippen LogP contribution in [0.25, 0.3) is 0 Å². The number of alkyl halides is 2. The molecule has 1 aliphatic carbocycles. The molecule has 5 nitrogen and oxygen atoms in total. The summed E-state index contributed by atoms with van der Waals surface area (Å²) in [5.41, 5.74) is 1.65. The van der Waals surface area contributed by atoms with Crippen LogP contribution >= 0.6 is 23.2 Å². The van der Waals surface area contributed by atoms with Crippen molar-refractivity contribution in [3.8, 4) is 0 Å². The maximum Gasteiger partial charge on any atom is 0.412 e. The number of aldehydes is 1. The van der Waals surface area contributed by atoms with Crippen molar-refractivity contribution >= 4 is 47.0 Å². The van der Waals surface area contributed by atoms with Gasteiger partial charge in [-0.2, -0.15) is 0 Å². The molecule has 0 fully saturated rings. The van der Waals surface area contributed by atoms with Gasteiger partial charge in [-0.15, -0.1) is 23.2 Å². The molecule has 0 aliphatic heterocycles. The maximum atomic E-state index is 12.2. The number of nitrogens with zero attached hydrogens (tertiary/aromatic N) is 1. The Labute approximate surface area is 170 Å². The molecule has 1 aliphatic rings. The average Bonchev–Trinajstić information content (AvgIpc) is 2.65. The number of benzene rings is 1. The summed E-state index contributed by atoms with van der Waals surface area (Å²) in [6.07, 6.45) is 7.13. The van der Waals surface area contributed by atoms with Crippen LogP contribution in [-0.4, -0.2) is 43.3 Å². The second kappa shape index (κ2) is 11.9. The van der Waals surface area contributed by atoms with E-state index in [9.17, 15) is 9.59 Å². The quantitative estimate of drug-likeness (QED) is 0.377. The van der Waals surface area contributed by atoms with Crippen LogP contribution in [0.1, 0.15) is 25.7 Å². The number of hydrogen-bond acceptors (Lipinski definition) is 4. The van der Waals surface area contributed by atoms with Gasteiger partial charge in [0.1, 0.15) is 12.4 Å². The van der Waals surface area contributed by atoms with Crippen LogP contribution in [0.4, 0.5) is 16.2 Å². The molecule has 2 unspecified atom stereocenters. The second-order valence-electron chi connectivity index (χ2n) is 6.46. The van der Waals surface area contributed by atoms with Gasteiger partial charge in [-0.3, -0.25) is 5.32 Å². The normalized spacial score (nSPS) is 20.8. The van der Waals surface area contributed by atoms with Gasteiger partial charge < -0.3 is 14.4 Å². The highest BCUT2D eigenvalue weighted by atomic mass is 35.5. The first kappa shape index (κ1) is 21.6. The molecule has 1 amide bonds. The first-order chi connectivity index (χ1) is 13.2. The largest absolute Gasteiger partial charge is 0.442 e. The van der Waals surface area contributed by atoms with Crippen molar-refractivity contribution in [3.05, 3.63) is 36.4 Å². The molecule has 0 saturated heterocycles. The summed E-state index contributed by atoms with van der Waals surface area (Å²) >= 11 is 11.7. The number of allylic oxidation sites excluding steroid dienone is 1. The molecule has 148 valence electrons. The molecular formula is C20H26Cl2N2O3. The van der Waals surface area contributed by atoms with Crippen LogP contribution < -0.4 is 10.2 Å². The third-order valence-corrected chi connectivity index (χ3v) is 4.85. The van der Waals surface area contributed by atoms with Crippen LogP contribution in [0.5, 0.6) is 0 Å². The number of anilines is 2. The van der Waals surface area contributed by atoms with Gasteiger partial charge in [0.2, 0.25) is 0 Å². The lowest BCUT2D eigenvalue weighted by Gasteiger charge is -2.23. The number of halogens is 2. The Morgan fingerprint density at radius 3 is 2.48 bits per heavy atom. The number of ether oxygens (including phenoxy) is 1. The fourth-order valence-corrected chi connectivity index (χ4v) is 3.43. The number of rotatable bonds is 8. The molecule has 1 aromatic carbocycles.